The zero-order valence-electron chi connectivity index (χ0n) is 9.84. The molecule has 0 aliphatic rings. The molecule has 2 aromatic rings. The van der Waals surface area contributed by atoms with Crippen LogP contribution < -0.4 is 4.74 Å². The fourth-order valence-corrected chi connectivity index (χ4v) is 1.74. The molecule has 1 heterocycles. The summed E-state index contributed by atoms with van der Waals surface area (Å²) in [6.07, 6.45) is 4.50. The first-order valence-electron chi connectivity index (χ1n) is 5.62. The fraction of sp³-hybridized carbons (Fsp3) is 0.308. The Bertz CT molecular complexity index is 480. The summed E-state index contributed by atoms with van der Waals surface area (Å²) in [6.45, 7) is 0.912. The minimum Gasteiger partial charge on any atom is -0.496 e. The minimum atomic E-state index is 0.184. The molecule has 0 saturated carbocycles. The lowest BCUT2D eigenvalue weighted by Gasteiger charge is -2.05. The number of methoxy groups -OCH3 is 1. The predicted molar refractivity (Wildman–Crippen MR) is 65.9 cm³/mol. The molecule has 4 heteroatoms. The van der Waals surface area contributed by atoms with E-state index in [0.717, 1.165) is 23.4 Å². The average Bonchev–Trinajstić information content (AvgIpc) is 2.85. The molecule has 0 saturated heterocycles. The van der Waals surface area contributed by atoms with Gasteiger partial charge in [0.1, 0.15) is 5.75 Å². The Kier molecular flexibility index (Phi) is 3.77. The number of aromatic nitrogens is 2. The summed E-state index contributed by atoms with van der Waals surface area (Å²) in [6, 6.07) is 7.86. The van der Waals surface area contributed by atoms with Crippen LogP contribution in [-0.4, -0.2) is 28.6 Å². The largest absolute Gasteiger partial charge is 0.496 e. The Balaban J connectivity index is 2.24. The lowest BCUT2D eigenvalue weighted by atomic mass is 10.1. The van der Waals surface area contributed by atoms with E-state index in [9.17, 15) is 0 Å². The molecule has 90 valence electrons. The topological polar surface area (TPSA) is 47.3 Å². The van der Waals surface area contributed by atoms with Crippen molar-refractivity contribution in [2.45, 2.75) is 13.0 Å². The van der Waals surface area contributed by atoms with Crippen LogP contribution in [0.1, 0.15) is 6.42 Å². The van der Waals surface area contributed by atoms with E-state index < -0.39 is 0 Å². The predicted octanol–water partition coefficient (Wildman–Crippen LogP) is 1.94. The van der Waals surface area contributed by atoms with Crippen molar-refractivity contribution in [1.29, 1.82) is 0 Å². The number of hydrogen-bond donors (Lipinski definition) is 1. The van der Waals surface area contributed by atoms with Crippen LogP contribution in [0.3, 0.4) is 0 Å². The summed E-state index contributed by atoms with van der Waals surface area (Å²) in [5.74, 6) is 0.842. The van der Waals surface area contributed by atoms with Crippen molar-refractivity contribution < 1.29 is 9.84 Å². The van der Waals surface area contributed by atoms with Gasteiger partial charge in [-0.15, -0.1) is 0 Å². The van der Waals surface area contributed by atoms with Gasteiger partial charge in [-0.05, 0) is 12.5 Å². The third-order valence-electron chi connectivity index (χ3n) is 2.60. The van der Waals surface area contributed by atoms with E-state index in [0.29, 0.717) is 6.42 Å². The molecular weight excluding hydrogens is 216 g/mol. The Labute approximate surface area is 100 Å². The van der Waals surface area contributed by atoms with Crippen molar-refractivity contribution in [3.8, 4) is 16.9 Å². The Morgan fingerprint density at radius 1 is 1.35 bits per heavy atom. The van der Waals surface area contributed by atoms with Crippen LogP contribution in [0.5, 0.6) is 5.75 Å². The van der Waals surface area contributed by atoms with Gasteiger partial charge in [0.25, 0.3) is 0 Å². The molecule has 4 nitrogen and oxygen atoms in total. The van der Waals surface area contributed by atoms with Crippen LogP contribution in [0, 0.1) is 0 Å². The first kappa shape index (κ1) is 11.7. The molecule has 0 aliphatic heterocycles. The van der Waals surface area contributed by atoms with Crippen LogP contribution in [0.2, 0.25) is 0 Å². The van der Waals surface area contributed by atoms with Crippen molar-refractivity contribution in [2.75, 3.05) is 13.7 Å². The second-order valence-electron chi connectivity index (χ2n) is 3.77. The van der Waals surface area contributed by atoms with Crippen molar-refractivity contribution in [1.82, 2.24) is 9.78 Å². The molecule has 0 radical (unpaired) electrons. The van der Waals surface area contributed by atoms with Gasteiger partial charge in [0, 0.05) is 30.5 Å². The Morgan fingerprint density at radius 3 is 2.94 bits per heavy atom. The molecule has 0 spiro atoms. The molecule has 0 aliphatic carbocycles. The van der Waals surface area contributed by atoms with Crippen LogP contribution in [0.4, 0.5) is 0 Å². The van der Waals surface area contributed by atoms with E-state index in [4.69, 9.17) is 9.84 Å². The quantitative estimate of drug-likeness (QED) is 0.857. The lowest BCUT2D eigenvalue weighted by Crippen LogP contribution is -1.99. The second kappa shape index (κ2) is 5.50. The number of para-hydroxylation sites is 1. The van der Waals surface area contributed by atoms with E-state index in [1.54, 1.807) is 7.11 Å². The van der Waals surface area contributed by atoms with Gasteiger partial charge in [-0.2, -0.15) is 5.10 Å². The number of aliphatic hydroxyl groups is 1. The highest BCUT2D eigenvalue weighted by atomic mass is 16.5. The van der Waals surface area contributed by atoms with Crippen molar-refractivity contribution in [3.63, 3.8) is 0 Å². The average molecular weight is 232 g/mol. The van der Waals surface area contributed by atoms with Crippen LogP contribution >= 0.6 is 0 Å². The molecule has 0 bridgehead atoms. The SMILES string of the molecule is COc1ccccc1-c1cnn(CCCO)c1. The maximum atomic E-state index is 8.77. The van der Waals surface area contributed by atoms with E-state index in [2.05, 4.69) is 5.10 Å². The monoisotopic (exact) mass is 232 g/mol. The summed E-state index contributed by atoms with van der Waals surface area (Å²) >= 11 is 0. The molecular formula is C13H16N2O2. The van der Waals surface area contributed by atoms with Gasteiger partial charge in [-0.3, -0.25) is 4.68 Å². The van der Waals surface area contributed by atoms with E-state index in [1.807, 2.05) is 41.3 Å². The normalized spacial score (nSPS) is 10.5. The Morgan fingerprint density at radius 2 is 2.18 bits per heavy atom. The van der Waals surface area contributed by atoms with Gasteiger partial charge in [-0.25, -0.2) is 0 Å². The number of aliphatic hydroxyl groups excluding tert-OH is 1. The molecule has 1 N–H and O–H groups in total. The van der Waals surface area contributed by atoms with Gasteiger partial charge in [0.05, 0.1) is 13.3 Å². The van der Waals surface area contributed by atoms with Gasteiger partial charge in [0.15, 0.2) is 0 Å². The summed E-state index contributed by atoms with van der Waals surface area (Å²) in [5.41, 5.74) is 2.06. The van der Waals surface area contributed by atoms with Gasteiger partial charge in [0.2, 0.25) is 0 Å². The summed E-state index contributed by atoms with van der Waals surface area (Å²) < 4.78 is 7.14. The molecule has 17 heavy (non-hydrogen) atoms. The number of rotatable bonds is 5. The van der Waals surface area contributed by atoms with Crippen LogP contribution in [0.25, 0.3) is 11.1 Å². The summed E-state index contributed by atoms with van der Waals surface area (Å²) in [7, 11) is 1.66. The number of benzene rings is 1. The third kappa shape index (κ3) is 2.65. The molecule has 1 aromatic carbocycles. The smallest absolute Gasteiger partial charge is 0.126 e. The number of nitrogens with zero attached hydrogens (tertiary/aromatic N) is 2. The maximum absolute atomic E-state index is 8.77. The van der Waals surface area contributed by atoms with Crippen molar-refractivity contribution in [2.24, 2.45) is 0 Å². The van der Waals surface area contributed by atoms with E-state index in [-0.39, 0.29) is 6.61 Å². The first-order valence-corrected chi connectivity index (χ1v) is 5.62. The molecule has 1 aromatic heterocycles. The number of ether oxygens (including phenoxy) is 1. The lowest BCUT2D eigenvalue weighted by molar-refractivity contribution is 0.277. The maximum Gasteiger partial charge on any atom is 0.126 e. The highest BCUT2D eigenvalue weighted by molar-refractivity contribution is 5.69. The zero-order valence-corrected chi connectivity index (χ0v) is 9.84. The summed E-state index contributed by atoms with van der Waals surface area (Å²) in [5, 5.41) is 13.0. The standard InChI is InChI=1S/C13H16N2O2/c1-17-13-6-3-2-5-12(13)11-9-14-15(10-11)7-4-8-16/h2-3,5-6,9-10,16H,4,7-8H2,1H3. The number of hydrogen-bond acceptors (Lipinski definition) is 3. The zero-order chi connectivity index (χ0) is 12.1. The Hall–Kier alpha value is -1.81. The first-order chi connectivity index (χ1) is 8.35. The molecule has 2 rings (SSSR count). The van der Waals surface area contributed by atoms with E-state index in [1.165, 1.54) is 0 Å². The van der Waals surface area contributed by atoms with Gasteiger partial charge >= 0.3 is 0 Å². The van der Waals surface area contributed by atoms with Crippen LogP contribution in [0.15, 0.2) is 36.7 Å². The fourth-order valence-electron chi connectivity index (χ4n) is 1.74. The molecule has 0 unspecified atom stereocenters. The van der Waals surface area contributed by atoms with Crippen molar-refractivity contribution >= 4 is 0 Å². The highest BCUT2D eigenvalue weighted by Crippen LogP contribution is 2.28. The van der Waals surface area contributed by atoms with Gasteiger partial charge in [-0.1, -0.05) is 18.2 Å². The third-order valence-corrected chi connectivity index (χ3v) is 2.60. The molecule has 0 fully saturated rings. The summed E-state index contributed by atoms with van der Waals surface area (Å²) in [4.78, 5) is 0. The molecule has 0 amide bonds. The number of aryl methyl sites for hydroxylation is 1. The molecule has 0 atom stereocenters. The van der Waals surface area contributed by atoms with Crippen molar-refractivity contribution in [3.05, 3.63) is 36.7 Å². The minimum absolute atomic E-state index is 0.184. The highest BCUT2D eigenvalue weighted by Gasteiger charge is 2.06. The van der Waals surface area contributed by atoms with E-state index >= 15 is 0 Å². The van der Waals surface area contributed by atoms with Gasteiger partial charge < -0.3 is 9.84 Å². The van der Waals surface area contributed by atoms with Crippen LogP contribution in [-0.2, 0) is 6.54 Å². The second-order valence-corrected chi connectivity index (χ2v) is 3.77.